The lowest BCUT2D eigenvalue weighted by Crippen LogP contribution is -2.04. The molecule has 0 fully saturated rings. The number of hydrogen-bond acceptors (Lipinski definition) is 3. The van der Waals surface area contributed by atoms with E-state index in [0.29, 0.717) is 11.7 Å². The first-order valence-corrected chi connectivity index (χ1v) is 7.02. The summed E-state index contributed by atoms with van der Waals surface area (Å²) in [7, 11) is 1.65. The fourth-order valence-corrected chi connectivity index (χ4v) is 2.65. The van der Waals surface area contributed by atoms with Gasteiger partial charge in [0.1, 0.15) is 11.6 Å². The first kappa shape index (κ1) is 13.5. The van der Waals surface area contributed by atoms with Crippen LogP contribution in [0.1, 0.15) is 19.9 Å². The van der Waals surface area contributed by atoms with Crippen molar-refractivity contribution in [1.29, 1.82) is 0 Å². The number of benzene rings is 2. The molecule has 108 valence electrons. The summed E-state index contributed by atoms with van der Waals surface area (Å²) >= 11 is 0. The van der Waals surface area contributed by atoms with Crippen molar-refractivity contribution in [2.45, 2.75) is 19.9 Å². The van der Waals surface area contributed by atoms with Crippen molar-refractivity contribution in [2.75, 3.05) is 12.8 Å². The maximum atomic E-state index is 5.85. The molecule has 0 atom stereocenters. The average molecular weight is 281 g/mol. The Bertz CT molecular complexity index is 790. The maximum Gasteiger partial charge on any atom is 0.145 e. The lowest BCUT2D eigenvalue weighted by Gasteiger charge is -2.15. The van der Waals surface area contributed by atoms with Gasteiger partial charge in [0.15, 0.2) is 0 Å². The van der Waals surface area contributed by atoms with Gasteiger partial charge in [-0.2, -0.15) is 0 Å². The summed E-state index contributed by atoms with van der Waals surface area (Å²) in [6, 6.07) is 14.1. The third kappa shape index (κ3) is 2.23. The average Bonchev–Trinajstić information content (AvgIpc) is 2.86. The smallest absolute Gasteiger partial charge is 0.145 e. The van der Waals surface area contributed by atoms with Crippen molar-refractivity contribution in [2.24, 2.45) is 0 Å². The van der Waals surface area contributed by atoms with E-state index < -0.39 is 0 Å². The minimum atomic E-state index is 0.301. The Hall–Kier alpha value is -2.49. The topological polar surface area (TPSA) is 53.1 Å². The van der Waals surface area contributed by atoms with Crippen molar-refractivity contribution in [3.8, 4) is 17.1 Å². The number of nitrogens with two attached hydrogens (primary N) is 1. The zero-order valence-electron chi connectivity index (χ0n) is 12.5. The van der Waals surface area contributed by atoms with Crippen LogP contribution in [0.3, 0.4) is 0 Å². The van der Waals surface area contributed by atoms with Crippen molar-refractivity contribution in [3.63, 3.8) is 0 Å². The molecule has 4 nitrogen and oxygen atoms in total. The molecule has 0 saturated carbocycles. The minimum absolute atomic E-state index is 0.301. The number of anilines is 1. The second kappa shape index (κ2) is 5.13. The number of nitrogens with zero attached hydrogens (tertiary/aromatic N) is 2. The zero-order valence-corrected chi connectivity index (χ0v) is 12.5. The first-order valence-electron chi connectivity index (χ1n) is 7.02. The Kier molecular flexibility index (Phi) is 3.29. The highest BCUT2D eigenvalue weighted by Gasteiger charge is 2.17. The molecule has 2 aromatic carbocycles. The Labute approximate surface area is 124 Å². The van der Waals surface area contributed by atoms with Gasteiger partial charge in [-0.1, -0.05) is 12.1 Å². The third-order valence-corrected chi connectivity index (χ3v) is 3.58. The Morgan fingerprint density at radius 2 is 1.90 bits per heavy atom. The Balaban J connectivity index is 2.32. The van der Waals surface area contributed by atoms with Gasteiger partial charge in [-0.25, -0.2) is 4.98 Å². The van der Waals surface area contributed by atoms with Gasteiger partial charge in [0.25, 0.3) is 0 Å². The van der Waals surface area contributed by atoms with Crippen molar-refractivity contribution >= 4 is 16.7 Å². The second-order valence-corrected chi connectivity index (χ2v) is 5.35. The number of para-hydroxylation sites is 2. The van der Waals surface area contributed by atoms with Gasteiger partial charge in [-0.3, -0.25) is 0 Å². The highest BCUT2D eigenvalue weighted by molar-refractivity contribution is 5.82. The largest absolute Gasteiger partial charge is 0.496 e. The van der Waals surface area contributed by atoms with E-state index in [1.165, 1.54) is 0 Å². The van der Waals surface area contributed by atoms with E-state index in [9.17, 15) is 0 Å². The summed E-state index contributed by atoms with van der Waals surface area (Å²) < 4.78 is 7.70. The van der Waals surface area contributed by atoms with E-state index in [1.54, 1.807) is 7.11 Å². The van der Waals surface area contributed by atoms with Crippen LogP contribution >= 0.6 is 0 Å². The monoisotopic (exact) mass is 281 g/mol. The van der Waals surface area contributed by atoms with Gasteiger partial charge in [0.2, 0.25) is 0 Å². The number of methoxy groups -OCH3 is 1. The Morgan fingerprint density at radius 1 is 1.14 bits per heavy atom. The van der Waals surface area contributed by atoms with E-state index in [0.717, 1.165) is 28.2 Å². The van der Waals surface area contributed by atoms with Crippen LogP contribution in [-0.4, -0.2) is 16.7 Å². The number of fused-ring (bicyclic) bond motifs is 1. The molecule has 2 N–H and O–H groups in total. The van der Waals surface area contributed by atoms with Crippen LogP contribution in [0.4, 0.5) is 5.69 Å². The predicted octanol–water partition coefficient (Wildman–Crippen LogP) is 3.88. The van der Waals surface area contributed by atoms with Crippen LogP contribution in [0.2, 0.25) is 0 Å². The molecule has 1 heterocycles. The number of ether oxygens (including phenoxy) is 1. The number of nitrogen functional groups attached to an aromatic ring is 1. The fraction of sp³-hybridized carbons (Fsp3) is 0.235. The summed E-state index contributed by atoms with van der Waals surface area (Å²) in [6.07, 6.45) is 0. The lowest BCUT2D eigenvalue weighted by atomic mass is 10.1. The molecular weight excluding hydrogens is 262 g/mol. The van der Waals surface area contributed by atoms with Crippen molar-refractivity contribution in [1.82, 2.24) is 9.55 Å². The van der Waals surface area contributed by atoms with Crippen LogP contribution in [0.25, 0.3) is 22.4 Å². The molecule has 21 heavy (non-hydrogen) atoms. The number of imidazole rings is 1. The van der Waals surface area contributed by atoms with Crippen LogP contribution in [0.15, 0.2) is 42.5 Å². The van der Waals surface area contributed by atoms with Gasteiger partial charge < -0.3 is 15.0 Å². The molecule has 1 aromatic heterocycles. The summed E-state index contributed by atoms with van der Waals surface area (Å²) in [6.45, 7) is 4.31. The molecule has 0 amide bonds. The molecular formula is C17H19N3O. The lowest BCUT2D eigenvalue weighted by molar-refractivity contribution is 0.416. The number of aromatic nitrogens is 2. The number of hydrogen-bond donors (Lipinski definition) is 1. The molecule has 3 rings (SSSR count). The van der Waals surface area contributed by atoms with Crippen molar-refractivity contribution < 1.29 is 4.74 Å². The molecule has 0 saturated heterocycles. The minimum Gasteiger partial charge on any atom is -0.496 e. The first-order chi connectivity index (χ1) is 10.1. The second-order valence-electron chi connectivity index (χ2n) is 5.35. The highest BCUT2D eigenvalue weighted by Crippen LogP contribution is 2.35. The molecule has 0 spiro atoms. The summed E-state index contributed by atoms with van der Waals surface area (Å²) in [5.41, 5.74) is 9.60. The summed E-state index contributed by atoms with van der Waals surface area (Å²) in [4.78, 5) is 4.78. The van der Waals surface area contributed by atoms with E-state index in [-0.39, 0.29) is 0 Å². The predicted molar refractivity (Wildman–Crippen MR) is 86.5 cm³/mol. The van der Waals surface area contributed by atoms with Gasteiger partial charge in [-0.05, 0) is 38.1 Å². The van der Waals surface area contributed by atoms with Crippen molar-refractivity contribution in [3.05, 3.63) is 42.5 Å². The quantitative estimate of drug-likeness (QED) is 0.741. The van der Waals surface area contributed by atoms with Gasteiger partial charge in [0.05, 0.1) is 23.7 Å². The normalized spacial score (nSPS) is 11.2. The molecule has 3 aromatic rings. The SMILES string of the molecule is COc1cc(N)ccc1-c1nc2ccccc2n1C(C)C. The molecule has 0 aliphatic heterocycles. The Morgan fingerprint density at radius 3 is 2.62 bits per heavy atom. The summed E-state index contributed by atoms with van der Waals surface area (Å²) in [5.74, 6) is 1.65. The van der Waals surface area contributed by atoms with E-state index >= 15 is 0 Å². The van der Waals surface area contributed by atoms with Crippen LogP contribution in [0.5, 0.6) is 5.75 Å². The van der Waals surface area contributed by atoms with Crippen LogP contribution in [0, 0.1) is 0 Å². The van der Waals surface area contributed by atoms with E-state index in [4.69, 9.17) is 15.5 Å². The molecule has 4 heteroatoms. The van der Waals surface area contributed by atoms with Gasteiger partial charge in [0, 0.05) is 17.8 Å². The van der Waals surface area contributed by atoms with Crippen LogP contribution < -0.4 is 10.5 Å². The number of rotatable bonds is 3. The molecule has 0 unspecified atom stereocenters. The third-order valence-electron chi connectivity index (χ3n) is 3.58. The molecule has 0 bridgehead atoms. The molecule has 0 radical (unpaired) electrons. The fourth-order valence-electron chi connectivity index (χ4n) is 2.65. The maximum absolute atomic E-state index is 5.85. The zero-order chi connectivity index (χ0) is 15.0. The van der Waals surface area contributed by atoms with Gasteiger partial charge >= 0.3 is 0 Å². The van der Waals surface area contributed by atoms with E-state index in [1.807, 2.05) is 36.4 Å². The highest BCUT2D eigenvalue weighted by atomic mass is 16.5. The van der Waals surface area contributed by atoms with E-state index in [2.05, 4.69) is 24.5 Å². The molecule has 0 aliphatic carbocycles. The molecule has 0 aliphatic rings. The van der Waals surface area contributed by atoms with Gasteiger partial charge in [-0.15, -0.1) is 0 Å². The summed E-state index contributed by atoms with van der Waals surface area (Å²) in [5, 5.41) is 0. The standard InChI is InChI=1S/C17H19N3O/c1-11(2)20-15-7-5-4-6-14(15)19-17(20)13-9-8-12(18)10-16(13)21-3/h4-11H,18H2,1-3H3. The van der Waals surface area contributed by atoms with Crippen LogP contribution in [-0.2, 0) is 0 Å².